The zero-order valence-electron chi connectivity index (χ0n) is 20.3. The quantitative estimate of drug-likeness (QED) is 0.309. The minimum Gasteiger partial charge on any atom is -0.465 e. The van der Waals surface area contributed by atoms with Gasteiger partial charge in [0.2, 0.25) is 0 Å². The first-order valence-electron chi connectivity index (χ1n) is 11.8. The summed E-state index contributed by atoms with van der Waals surface area (Å²) in [5.74, 6) is -0.428. The van der Waals surface area contributed by atoms with Gasteiger partial charge < -0.3 is 14.4 Å². The lowest BCUT2D eigenvalue weighted by Crippen LogP contribution is -2.49. The standard InChI is InChI=1S/C28H27Cl3N2O4/c1-36-28(35)21-4-2-19(3-5-21)18-37-26(20-6-9-23(29)10-7-20)17-32-12-14-33(15-13-32)27(34)22-8-11-24(30)25(31)16-22/h2-11,16,26H,12-15,17-18H2,1H3. The van der Waals surface area contributed by atoms with Crippen molar-refractivity contribution < 1.29 is 19.1 Å². The summed E-state index contributed by atoms with van der Waals surface area (Å²) in [6.45, 7) is 3.67. The highest BCUT2D eigenvalue weighted by molar-refractivity contribution is 6.42. The lowest BCUT2D eigenvalue weighted by atomic mass is 10.1. The fraction of sp³-hybridized carbons (Fsp3) is 0.286. The normalized spacial score (nSPS) is 14.9. The molecule has 0 radical (unpaired) electrons. The maximum Gasteiger partial charge on any atom is 0.337 e. The van der Waals surface area contributed by atoms with Gasteiger partial charge in [-0.3, -0.25) is 9.69 Å². The van der Waals surface area contributed by atoms with Crippen LogP contribution in [0.1, 0.15) is 37.9 Å². The summed E-state index contributed by atoms with van der Waals surface area (Å²) < 4.78 is 11.1. The van der Waals surface area contributed by atoms with Crippen molar-refractivity contribution in [2.75, 3.05) is 39.8 Å². The molecule has 0 aliphatic carbocycles. The third kappa shape index (κ3) is 7.24. The summed E-state index contributed by atoms with van der Waals surface area (Å²) in [5, 5.41) is 1.46. The Morgan fingerprint density at radius 2 is 1.49 bits per heavy atom. The van der Waals surface area contributed by atoms with E-state index in [9.17, 15) is 9.59 Å². The second-order valence-electron chi connectivity index (χ2n) is 8.76. The zero-order valence-corrected chi connectivity index (χ0v) is 22.6. The molecule has 3 aromatic rings. The van der Waals surface area contributed by atoms with Crippen LogP contribution in [0.25, 0.3) is 0 Å². The Bertz CT molecular complexity index is 1230. The molecule has 1 amide bonds. The predicted octanol–water partition coefficient (Wildman–Crippen LogP) is 6.15. The van der Waals surface area contributed by atoms with Crippen LogP contribution in [-0.4, -0.2) is 61.5 Å². The van der Waals surface area contributed by atoms with E-state index < -0.39 is 0 Å². The van der Waals surface area contributed by atoms with Gasteiger partial charge in [-0.05, 0) is 53.6 Å². The molecule has 0 saturated carbocycles. The first kappa shape index (κ1) is 27.4. The van der Waals surface area contributed by atoms with E-state index in [1.54, 1.807) is 30.3 Å². The summed E-state index contributed by atoms with van der Waals surface area (Å²) in [6, 6.07) is 19.8. The van der Waals surface area contributed by atoms with Gasteiger partial charge >= 0.3 is 5.97 Å². The molecule has 9 heteroatoms. The molecule has 0 N–H and O–H groups in total. The second-order valence-corrected chi connectivity index (χ2v) is 10.0. The smallest absolute Gasteiger partial charge is 0.337 e. The van der Waals surface area contributed by atoms with Crippen molar-refractivity contribution >= 4 is 46.7 Å². The highest BCUT2D eigenvalue weighted by atomic mass is 35.5. The van der Waals surface area contributed by atoms with Crippen LogP contribution in [0.15, 0.2) is 66.7 Å². The topological polar surface area (TPSA) is 59.1 Å². The number of amides is 1. The molecule has 0 bridgehead atoms. The van der Waals surface area contributed by atoms with Crippen molar-refractivity contribution in [3.8, 4) is 0 Å². The summed E-state index contributed by atoms with van der Waals surface area (Å²) >= 11 is 18.2. The molecule has 194 valence electrons. The number of carbonyl (C=O) groups excluding carboxylic acids is 2. The Morgan fingerprint density at radius 3 is 2.11 bits per heavy atom. The van der Waals surface area contributed by atoms with Gasteiger partial charge in [-0.25, -0.2) is 4.79 Å². The minimum absolute atomic E-state index is 0.0564. The van der Waals surface area contributed by atoms with Crippen molar-refractivity contribution in [2.24, 2.45) is 0 Å². The third-order valence-corrected chi connectivity index (χ3v) is 7.31. The van der Waals surface area contributed by atoms with Gasteiger partial charge in [-0.2, -0.15) is 0 Å². The van der Waals surface area contributed by atoms with Crippen LogP contribution in [0, 0.1) is 0 Å². The summed E-state index contributed by atoms with van der Waals surface area (Å²) in [7, 11) is 1.36. The van der Waals surface area contributed by atoms with Crippen LogP contribution < -0.4 is 0 Å². The van der Waals surface area contributed by atoms with Crippen LogP contribution in [0.2, 0.25) is 15.1 Å². The number of hydrogen-bond acceptors (Lipinski definition) is 5. The molecule has 6 nitrogen and oxygen atoms in total. The summed E-state index contributed by atoms with van der Waals surface area (Å²) in [6.07, 6.45) is -0.199. The molecule has 1 fully saturated rings. The van der Waals surface area contributed by atoms with Crippen LogP contribution in [0.4, 0.5) is 0 Å². The van der Waals surface area contributed by atoms with Gasteiger partial charge in [0.25, 0.3) is 5.91 Å². The predicted molar refractivity (Wildman–Crippen MR) is 146 cm³/mol. The molecule has 1 unspecified atom stereocenters. The molecule has 1 aliphatic rings. The largest absolute Gasteiger partial charge is 0.465 e. The molecular weight excluding hydrogens is 535 g/mol. The van der Waals surface area contributed by atoms with E-state index in [2.05, 4.69) is 4.90 Å². The van der Waals surface area contributed by atoms with E-state index in [0.717, 1.165) is 11.1 Å². The number of piperazine rings is 1. The lowest BCUT2D eigenvalue weighted by molar-refractivity contribution is 0.00341. The average Bonchev–Trinajstić information content (AvgIpc) is 2.93. The Labute approximate surface area is 231 Å². The molecule has 0 aromatic heterocycles. The van der Waals surface area contributed by atoms with Crippen molar-refractivity contribution in [1.29, 1.82) is 0 Å². The molecule has 37 heavy (non-hydrogen) atoms. The van der Waals surface area contributed by atoms with Crippen LogP contribution >= 0.6 is 34.8 Å². The Kier molecular flexibility index (Phi) is 9.46. The number of rotatable bonds is 8. The van der Waals surface area contributed by atoms with Crippen molar-refractivity contribution in [3.63, 3.8) is 0 Å². The molecule has 1 aliphatic heterocycles. The van der Waals surface area contributed by atoms with E-state index in [1.807, 2.05) is 41.3 Å². The third-order valence-electron chi connectivity index (χ3n) is 6.32. The lowest BCUT2D eigenvalue weighted by Gasteiger charge is -2.36. The van der Waals surface area contributed by atoms with Crippen molar-refractivity contribution in [3.05, 3.63) is 104 Å². The molecule has 4 rings (SSSR count). The monoisotopic (exact) mass is 560 g/mol. The van der Waals surface area contributed by atoms with Crippen molar-refractivity contribution in [2.45, 2.75) is 12.7 Å². The van der Waals surface area contributed by atoms with E-state index in [0.29, 0.717) is 65.5 Å². The summed E-state index contributed by atoms with van der Waals surface area (Å²) in [4.78, 5) is 28.7. The van der Waals surface area contributed by atoms with Crippen LogP contribution in [0.5, 0.6) is 0 Å². The second kappa shape index (κ2) is 12.8. The van der Waals surface area contributed by atoms with Crippen molar-refractivity contribution in [1.82, 2.24) is 9.80 Å². The average molecular weight is 562 g/mol. The van der Waals surface area contributed by atoms with Crippen LogP contribution in [-0.2, 0) is 16.1 Å². The van der Waals surface area contributed by atoms with Gasteiger partial charge in [-0.15, -0.1) is 0 Å². The fourth-order valence-electron chi connectivity index (χ4n) is 4.16. The Morgan fingerprint density at radius 1 is 0.838 bits per heavy atom. The fourth-order valence-corrected chi connectivity index (χ4v) is 4.59. The minimum atomic E-state index is -0.372. The number of halogens is 3. The van der Waals surface area contributed by atoms with E-state index in [1.165, 1.54) is 7.11 Å². The maximum atomic E-state index is 12.9. The number of esters is 1. The maximum absolute atomic E-state index is 12.9. The first-order valence-corrected chi connectivity index (χ1v) is 13.0. The molecule has 3 aromatic carbocycles. The Balaban J connectivity index is 1.38. The van der Waals surface area contributed by atoms with E-state index in [4.69, 9.17) is 44.3 Å². The number of methoxy groups -OCH3 is 1. The number of benzene rings is 3. The number of ether oxygens (including phenoxy) is 2. The van der Waals surface area contributed by atoms with E-state index >= 15 is 0 Å². The summed E-state index contributed by atoms with van der Waals surface area (Å²) in [5.41, 5.74) is 2.99. The number of carbonyl (C=O) groups is 2. The SMILES string of the molecule is COC(=O)c1ccc(COC(CN2CCN(C(=O)c3ccc(Cl)c(Cl)c3)CC2)c2ccc(Cl)cc2)cc1. The van der Waals surface area contributed by atoms with Crippen LogP contribution in [0.3, 0.4) is 0 Å². The van der Waals surface area contributed by atoms with Gasteiger partial charge in [0.1, 0.15) is 0 Å². The molecule has 0 spiro atoms. The number of hydrogen-bond donors (Lipinski definition) is 0. The Hall–Kier alpha value is -2.61. The molecule has 1 saturated heterocycles. The highest BCUT2D eigenvalue weighted by Crippen LogP contribution is 2.25. The van der Waals surface area contributed by atoms with E-state index in [-0.39, 0.29) is 18.0 Å². The van der Waals surface area contributed by atoms with Gasteiger partial charge in [0.05, 0.1) is 35.4 Å². The zero-order chi connectivity index (χ0) is 26.4. The molecule has 1 atom stereocenters. The highest BCUT2D eigenvalue weighted by Gasteiger charge is 2.25. The first-order chi connectivity index (χ1) is 17.8. The van der Waals surface area contributed by atoms with Gasteiger partial charge in [0.15, 0.2) is 0 Å². The number of nitrogens with zero attached hydrogens (tertiary/aromatic N) is 2. The van der Waals surface area contributed by atoms with Gasteiger partial charge in [0, 0.05) is 43.3 Å². The van der Waals surface area contributed by atoms with Gasteiger partial charge in [-0.1, -0.05) is 59.1 Å². The molecular formula is C28H27Cl3N2O4. The molecule has 1 heterocycles.